The molecule has 0 unspecified atom stereocenters. The Kier molecular flexibility index (Phi) is 2.78. The Labute approximate surface area is 125 Å². The molecule has 0 saturated carbocycles. The van der Waals surface area contributed by atoms with Crippen LogP contribution in [-0.2, 0) is 6.42 Å². The predicted molar refractivity (Wildman–Crippen MR) is 89.1 cm³/mol. The summed E-state index contributed by atoms with van der Waals surface area (Å²) in [5.74, 6) is 0. The average Bonchev–Trinajstić information content (AvgIpc) is 2.87. The van der Waals surface area contributed by atoms with Gasteiger partial charge in [-0.25, -0.2) is 0 Å². The van der Waals surface area contributed by atoms with Crippen LogP contribution in [0, 0.1) is 6.92 Å². The van der Waals surface area contributed by atoms with E-state index in [1.54, 1.807) is 0 Å². The van der Waals surface area contributed by atoms with Crippen LogP contribution in [-0.4, -0.2) is 0 Å². The highest BCUT2D eigenvalue weighted by Crippen LogP contribution is 2.40. The Hall–Kier alpha value is -2.54. The van der Waals surface area contributed by atoms with E-state index in [0.717, 1.165) is 12.1 Å². The van der Waals surface area contributed by atoms with Gasteiger partial charge in [0.25, 0.3) is 0 Å². The molecule has 3 aromatic rings. The van der Waals surface area contributed by atoms with Crippen LogP contribution in [0.4, 0.5) is 11.4 Å². The lowest BCUT2D eigenvalue weighted by atomic mass is 10.0. The standard InChI is InChI=1S/C20H17N/c1-14-6-4-8-16(12-14)21-20-11-5-10-18-17-9-3-2-7-15(17)13-19(18)20/h2-12,21H,13H2,1H3. The highest BCUT2D eigenvalue weighted by molar-refractivity contribution is 5.83. The molecule has 0 atom stereocenters. The summed E-state index contributed by atoms with van der Waals surface area (Å²) < 4.78 is 0. The molecule has 0 saturated heterocycles. The molecule has 0 aromatic heterocycles. The molecule has 21 heavy (non-hydrogen) atoms. The first-order valence-corrected chi connectivity index (χ1v) is 7.35. The van der Waals surface area contributed by atoms with E-state index in [2.05, 4.69) is 79.0 Å². The molecule has 0 amide bonds. The lowest BCUT2D eigenvalue weighted by Crippen LogP contribution is -1.95. The summed E-state index contributed by atoms with van der Waals surface area (Å²) in [7, 11) is 0. The quantitative estimate of drug-likeness (QED) is 0.521. The Morgan fingerprint density at radius 1 is 0.810 bits per heavy atom. The second-order valence-electron chi connectivity index (χ2n) is 5.66. The van der Waals surface area contributed by atoms with Crippen molar-refractivity contribution in [2.24, 2.45) is 0 Å². The zero-order valence-electron chi connectivity index (χ0n) is 12.1. The molecule has 3 aromatic carbocycles. The molecule has 1 nitrogen and oxygen atoms in total. The van der Waals surface area contributed by atoms with Gasteiger partial charge in [-0.05, 0) is 52.9 Å². The summed E-state index contributed by atoms with van der Waals surface area (Å²) >= 11 is 0. The van der Waals surface area contributed by atoms with Gasteiger partial charge in [-0.2, -0.15) is 0 Å². The number of hydrogen-bond donors (Lipinski definition) is 1. The van der Waals surface area contributed by atoms with Gasteiger partial charge in [-0.3, -0.25) is 0 Å². The monoisotopic (exact) mass is 271 g/mol. The third-order valence-corrected chi connectivity index (χ3v) is 4.15. The highest BCUT2D eigenvalue weighted by atomic mass is 14.9. The van der Waals surface area contributed by atoms with Crippen LogP contribution in [0.15, 0.2) is 66.7 Å². The maximum Gasteiger partial charge on any atom is 0.0426 e. The average molecular weight is 271 g/mol. The molecule has 102 valence electrons. The molecule has 0 fully saturated rings. The van der Waals surface area contributed by atoms with E-state index in [1.807, 2.05) is 0 Å². The van der Waals surface area contributed by atoms with Gasteiger partial charge >= 0.3 is 0 Å². The number of aryl methyl sites for hydroxylation is 1. The van der Waals surface area contributed by atoms with Gasteiger partial charge in [-0.1, -0.05) is 48.5 Å². The first-order chi connectivity index (χ1) is 10.3. The summed E-state index contributed by atoms with van der Waals surface area (Å²) in [6.07, 6.45) is 1.01. The largest absolute Gasteiger partial charge is 0.355 e. The van der Waals surface area contributed by atoms with E-state index in [1.165, 1.54) is 33.5 Å². The summed E-state index contributed by atoms with van der Waals surface area (Å²) in [6.45, 7) is 2.12. The van der Waals surface area contributed by atoms with Crippen LogP contribution in [0.3, 0.4) is 0 Å². The van der Waals surface area contributed by atoms with E-state index in [0.29, 0.717) is 0 Å². The van der Waals surface area contributed by atoms with Gasteiger partial charge in [0.15, 0.2) is 0 Å². The molecule has 0 aliphatic heterocycles. The van der Waals surface area contributed by atoms with E-state index in [9.17, 15) is 0 Å². The van der Waals surface area contributed by atoms with Crippen LogP contribution >= 0.6 is 0 Å². The molecule has 1 aliphatic rings. The molecule has 1 N–H and O–H groups in total. The second kappa shape index (κ2) is 4.78. The topological polar surface area (TPSA) is 12.0 Å². The minimum atomic E-state index is 1.01. The first-order valence-electron chi connectivity index (χ1n) is 7.35. The molecule has 0 bridgehead atoms. The number of benzene rings is 3. The van der Waals surface area contributed by atoms with E-state index >= 15 is 0 Å². The van der Waals surface area contributed by atoms with Crippen LogP contribution in [0.2, 0.25) is 0 Å². The lowest BCUT2D eigenvalue weighted by Gasteiger charge is -2.12. The maximum atomic E-state index is 3.58. The van der Waals surface area contributed by atoms with E-state index in [4.69, 9.17) is 0 Å². The van der Waals surface area contributed by atoms with Crippen molar-refractivity contribution in [1.29, 1.82) is 0 Å². The zero-order valence-corrected chi connectivity index (χ0v) is 12.1. The normalized spacial score (nSPS) is 11.9. The van der Waals surface area contributed by atoms with Crippen molar-refractivity contribution in [2.75, 3.05) is 5.32 Å². The first kappa shape index (κ1) is 12.2. The van der Waals surface area contributed by atoms with Crippen molar-refractivity contribution >= 4 is 11.4 Å². The van der Waals surface area contributed by atoms with Gasteiger partial charge < -0.3 is 5.32 Å². The van der Waals surface area contributed by atoms with Crippen molar-refractivity contribution in [3.63, 3.8) is 0 Å². The lowest BCUT2D eigenvalue weighted by molar-refractivity contribution is 1.26. The number of nitrogens with one attached hydrogen (secondary N) is 1. The van der Waals surface area contributed by atoms with Gasteiger partial charge in [0, 0.05) is 17.8 Å². The molecular weight excluding hydrogens is 254 g/mol. The third-order valence-electron chi connectivity index (χ3n) is 4.15. The highest BCUT2D eigenvalue weighted by Gasteiger charge is 2.20. The van der Waals surface area contributed by atoms with E-state index in [-0.39, 0.29) is 0 Å². The Morgan fingerprint density at radius 2 is 1.62 bits per heavy atom. The fraction of sp³-hybridized carbons (Fsp3) is 0.100. The van der Waals surface area contributed by atoms with E-state index < -0.39 is 0 Å². The maximum absolute atomic E-state index is 3.58. The fourth-order valence-electron chi connectivity index (χ4n) is 3.15. The van der Waals surface area contributed by atoms with Crippen LogP contribution in [0.1, 0.15) is 16.7 Å². The Morgan fingerprint density at radius 3 is 2.52 bits per heavy atom. The van der Waals surface area contributed by atoms with Crippen LogP contribution < -0.4 is 5.32 Å². The molecule has 1 heteroatoms. The van der Waals surface area contributed by atoms with Gasteiger partial charge in [0.05, 0.1) is 0 Å². The van der Waals surface area contributed by atoms with Crippen LogP contribution in [0.5, 0.6) is 0 Å². The van der Waals surface area contributed by atoms with Crippen LogP contribution in [0.25, 0.3) is 11.1 Å². The van der Waals surface area contributed by atoms with Crippen molar-refractivity contribution in [3.8, 4) is 11.1 Å². The SMILES string of the molecule is Cc1cccc(Nc2cccc3c2Cc2ccccc2-3)c1. The summed E-state index contributed by atoms with van der Waals surface area (Å²) in [6, 6.07) is 23.7. The van der Waals surface area contributed by atoms with Crippen molar-refractivity contribution in [1.82, 2.24) is 0 Å². The summed E-state index contributed by atoms with van der Waals surface area (Å²) in [4.78, 5) is 0. The molecule has 0 heterocycles. The number of rotatable bonds is 2. The summed E-state index contributed by atoms with van der Waals surface area (Å²) in [5, 5.41) is 3.58. The fourth-order valence-corrected chi connectivity index (χ4v) is 3.15. The smallest absolute Gasteiger partial charge is 0.0426 e. The second-order valence-corrected chi connectivity index (χ2v) is 5.66. The molecule has 0 spiro atoms. The Bertz CT molecular complexity index is 818. The molecule has 4 rings (SSSR count). The van der Waals surface area contributed by atoms with Crippen molar-refractivity contribution < 1.29 is 0 Å². The molecular formula is C20H17N. The molecule has 0 radical (unpaired) electrons. The number of fused-ring (bicyclic) bond motifs is 3. The zero-order chi connectivity index (χ0) is 14.2. The minimum Gasteiger partial charge on any atom is -0.355 e. The number of anilines is 2. The summed E-state index contributed by atoms with van der Waals surface area (Å²) in [5.41, 5.74) is 9.21. The van der Waals surface area contributed by atoms with Gasteiger partial charge in [-0.15, -0.1) is 0 Å². The van der Waals surface area contributed by atoms with Crippen molar-refractivity contribution in [2.45, 2.75) is 13.3 Å². The Balaban J connectivity index is 1.76. The third kappa shape index (κ3) is 2.11. The van der Waals surface area contributed by atoms with Crippen molar-refractivity contribution in [3.05, 3.63) is 83.4 Å². The molecule has 1 aliphatic carbocycles. The van der Waals surface area contributed by atoms with Gasteiger partial charge in [0.1, 0.15) is 0 Å². The predicted octanol–water partition coefficient (Wildman–Crippen LogP) is 5.31. The number of hydrogen-bond acceptors (Lipinski definition) is 1. The van der Waals surface area contributed by atoms with Gasteiger partial charge in [0.2, 0.25) is 0 Å². The minimum absolute atomic E-state index is 1.01.